The normalized spacial score (nSPS) is 12.7. The summed E-state index contributed by atoms with van der Waals surface area (Å²) >= 11 is 0. The Bertz CT molecular complexity index is 1180. The summed E-state index contributed by atoms with van der Waals surface area (Å²) in [4.78, 5) is 25.5. The topological polar surface area (TPSA) is 61.8 Å². The molecule has 0 bridgehead atoms. The van der Waals surface area contributed by atoms with Crippen molar-refractivity contribution < 1.29 is 23.8 Å². The van der Waals surface area contributed by atoms with Gasteiger partial charge in [0.1, 0.15) is 6.61 Å². The van der Waals surface area contributed by atoms with Crippen LogP contribution in [0.2, 0.25) is 0 Å². The van der Waals surface area contributed by atoms with Crippen molar-refractivity contribution in [3.63, 3.8) is 0 Å². The molecule has 0 aliphatic carbocycles. The first kappa shape index (κ1) is 63.3. The number of hydrogen-bond acceptors (Lipinski definition) is 5. The van der Waals surface area contributed by atoms with Crippen LogP contribution in [-0.4, -0.2) is 37.9 Å². The van der Waals surface area contributed by atoms with Gasteiger partial charge in [-0.3, -0.25) is 9.59 Å². The van der Waals surface area contributed by atoms with E-state index in [9.17, 15) is 9.59 Å². The van der Waals surface area contributed by atoms with E-state index in [4.69, 9.17) is 14.2 Å². The van der Waals surface area contributed by atoms with Crippen molar-refractivity contribution in [2.75, 3.05) is 19.8 Å². The smallest absolute Gasteiger partial charge is 0.306 e. The maximum Gasteiger partial charge on any atom is 0.306 e. The van der Waals surface area contributed by atoms with E-state index in [1.807, 2.05) is 0 Å². The molecule has 1 atom stereocenters. The van der Waals surface area contributed by atoms with Crippen molar-refractivity contribution in [3.8, 4) is 0 Å². The number of ether oxygens (including phenoxy) is 3. The quantitative estimate of drug-likeness (QED) is 0.0346. The highest BCUT2D eigenvalue weighted by atomic mass is 16.6. The number of unbranched alkanes of at least 4 members (excludes halogenated alkanes) is 29. The lowest BCUT2D eigenvalue weighted by Crippen LogP contribution is -2.30. The van der Waals surface area contributed by atoms with Crippen molar-refractivity contribution in [1.82, 2.24) is 0 Å². The van der Waals surface area contributed by atoms with Gasteiger partial charge in [0, 0.05) is 19.4 Å². The van der Waals surface area contributed by atoms with Crippen molar-refractivity contribution in [2.45, 2.75) is 284 Å². The monoisotopic (exact) mass is 921 g/mol. The lowest BCUT2D eigenvalue weighted by molar-refractivity contribution is -0.163. The molecule has 0 saturated carbocycles. The van der Waals surface area contributed by atoms with Crippen LogP contribution in [0.25, 0.3) is 0 Å². The van der Waals surface area contributed by atoms with E-state index >= 15 is 0 Å². The third kappa shape index (κ3) is 54.0. The van der Waals surface area contributed by atoms with Crippen LogP contribution < -0.4 is 0 Å². The average Bonchev–Trinajstić information content (AvgIpc) is 3.32. The van der Waals surface area contributed by atoms with Crippen molar-refractivity contribution in [3.05, 3.63) is 72.9 Å². The predicted molar refractivity (Wildman–Crippen MR) is 288 cm³/mol. The van der Waals surface area contributed by atoms with Gasteiger partial charge < -0.3 is 14.2 Å². The van der Waals surface area contributed by atoms with Crippen molar-refractivity contribution in [2.24, 2.45) is 0 Å². The molecule has 0 N–H and O–H groups in total. The molecule has 66 heavy (non-hydrogen) atoms. The molecule has 0 rings (SSSR count). The summed E-state index contributed by atoms with van der Waals surface area (Å²) in [5.74, 6) is -0.421. The summed E-state index contributed by atoms with van der Waals surface area (Å²) in [6.45, 7) is 7.68. The van der Waals surface area contributed by atoms with Crippen molar-refractivity contribution >= 4 is 11.9 Å². The molecule has 0 spiro atoms. The highest BCUT2D eigenvalue weighted by molar-refractivity contribution is 5.70. The molecule has 0 radical (unpaired) electrons. The minimum atomic E-state index is -0.552. The molecule has 0 aliphatic heterocycles. The van der Waals surface area contributed by atoms with Gasteiger partial charge in [-0.2, -0.15) is 0 Å². The van der Waals surface area contributed by atoms with Gasteiger partial charge in [-0.15, -0.1) is 0 Å². The van der Waals surface area contributed by atoms with Gasteiger partial charge in [-0.05, 0) is 109 Å². The number of carbonyl (C=O) groups is 2. The summed E-state index contributed by atoms with van der Waals surface area (Å²) in [6.07, 6.45) is 73.5. The molecule has 0 aliphatic rings. The lowest BCUT2D eigenvalue weighted by Gasteiger charge is -2.18. The Balaban J connectivity index is 4.29. The second-order valence-corrected chi connectivity index (χ2v) is 18.8. The molecule has 0 amide bonds. The first-order chi connectivity index (χ1) is 32.6. The van der Waals surface area contributed by atoms with Gasteiger partial charge in [0.15, 0.2) is 6.10 Å². The van der Waals surface area contributed by atoms with Crippen molar-refractivity contribution in [1.29, 1.82) is 0 Å². The van der Waals surface area contributed by atoms with Crippen LogP contribution in [0.1, 0.15) is 278 Å². The summed E-state index contributed by atoms with van der Waals surface area (Å²) in [7, 11) is 0. The molecular weight excluding hydrogens is 813 g/mol. The number of carbonyl (C=O) groups excluding carboxylic acids is 2. The maximum absolute atomic E-state index is 12.8. The summed E-state index contributed by atoms with van der Waals surface area (Å²) in [5, 5.41) is 0. The van der Waals surface area contributed by atoms with Gasteiger partial charge in [-0.1, -0.05) is 229 Å². The molecule has 0 aromatic heterocycles. The third-order valence-corrected chi connectivity index (χ3v) is 12.2. The zero-order chi connectivity index (χ0) is 47.7. The molecule has 0 aromatic rings. The Hall–Kier alpha value is -2.66. The van der Waals surface area contributed by atoms with E-state index in [2.05, 4.69) is 93.7 Å². The fraction of sp³-hybridized carbons (Fsp3) is 0.770. The molecule has 1 unspecified atom stereocenters. The SMILES string of the molecule is CC/C=C\C/C=C\C/C=C\CCCCCCCC(=O)OCC(COCCCCCCCCCCCC/C=C\C/C=C\CCCCC)OC(=O)CCCCCCC/C=C\CCCCCCCC. The second-order valence-electron chi connectivity index (χ2n) is 18.8. The Kier molecular flexibility index (Phi) is 54.4. The molecule has 0 heterocycles. The van der Waals surface area contributed by atoms with E-state index in [1.54, 1.807) is 0 Å². The molecule has 382 valence electrons. The minimum Gasteiger partial charge on any atom is -0.462 e. The van der Waals surface area contributed by atoms with Crippen LogP contribution in [0.3, 0.4) is 0 Å². The van der Waals surface area contributed by atoms with E-state index in [-0.39, 0.29) is 25.2 Å². The number of allylic oxidation sites excluding steroid dienone is 12. The van der Waals surface area contributed by atoms with Crippen LogP contribution >= 0.6 is 0 Å². The Labute approximate surface area is 410 Å². The molecule has 5 nitrogen and oxygen atoms in total. The Morgan fingerprint density at radius 3 is 1.14 bits per heavy atom. The van der Waals surface area contributed by atoms with Crippen LogP contribution in [0.5, 0.6) is 0 Å². The maximum atomic E-state index is 12.8. The standard InChI is InChI=1S/C61H108O5/c1-4-7-10-13-16-19-22-25-28-29-30-31-32-35-38-41-44-47-50-53-56-64-57-59(66-61(63)55-52-49-46-43-40-37-34-27-24-21-18-15-12-9-6-3)58-65-60(62)54-51-48-45-42-39-36-33-26-23-20-17-14-11-8-5-2/h8,11,16-17,19-20,25-28,33-34,59H,4-7,9-10,12-15,18,21-24,29-32,35-58H2,1-3H3/b11-8-,19-16-,20-17-,28-25-,33-26-,34-27-. The highest BCUT2D eigenvalue weighted by Gasteiger charge is 2.17. The molecule has 5 heteroatoms. The predicted octanol–water partition coefficient (Wildman–Crippen LogP) is 19.5. The van der Waals surface area contributed by atoms with Crippen LogP contribution in [0.4, 0.5) is 0 Å². The minimum absolute atomic E-state index is 0.0709. The first-order valence-electron chi connectivity index (χ1n) is 28.5. The summed E-state index contributed by atoms with van der Waals surface area (Å²) in [5.41, 5.74) is 0. The first-order valence-corrected chi connectivity index (χ1v) is 28.5. The largest absolute Gasteiger partial charge is 0.462 e. The van der Waals surface area contributed by atoms with E-state index in [0.717, 1.165) is 89.9 Å². The Morgan fingerprint density at radius 2 is 0.682 bits per heavy atom. The van der Waals surface area contributed by atoms with Gasteiger partial charge in [0.2, 0.25) is 0 Å². The van der Waals surface area contributed by atoms with E-state index in [1.165, 1.54) is 154 Å². The van der Waals surface area contributed by atoms with Gasteiger partial charge in [0.05, 0.1) is 6.61 Å². The number of esters is 2. The summed E-state index contributed by atoms with van der Waals surface area (Å²) in [6, 6.07) is 0. The van der Waals surface area contributed by atoms with Gasteiger partial charge in [-0.25, -0.2) is 0 Å². The zero-order valence-corrected chi connectivity index (χ0v) is 44.0. The van der Waals surface area contributed by atoms with Crippen LogP contribution in [0, 0.1) is 0 Å². The average molecular weight is 922 g/mol. The fourth-order valence-electron chi connectivity index (χ4n) is 7.96. The summed E-state index contributed by atoms with van der Waals surface area (Å²) < 4.78 is 17.5. The number of rotatable bonds is 52. The third-order valence-electron chi connectivity index (χ3n) is 12.2. The fourth-order valence-corrected chi connectivity index (χ4v) is 7.96. The highest BCUT2D eigenvalue weighted by Crippen LogP contribution is 2.15. The second kappa shape index (κ2) is 56.7. The van der Waals surface area contributed by atoms with Crippen LogP contribution in [0.15, 0.2) is 72.9 Å². The van der Waals surface area contributed by atoms with Gasteiger partial charge in [0.25, 0.3) is 0 Å². The van der Waals surface area contributed by atoms with Crippen LogP contribution in [-0.2, 0) is 23.8 Å². The van der Waals surface area contributed by atoms with E-state index < -0.39 is 6.10 Å². The Morgan fingerprint density at radius 1 is 0.348 bits per heavy atom. The van der Waals surface area contributed by atoms with E-state index in [0.29, 0.717) is 19.4 Å². The molecular formula is C61H108O5. The number of hydrogen-bond donors (Lipinski definition) is 0. The molecule has 0 fully saturated rings. The molecule has 0 aromatic carbocycles. The molecule has 0 saturated heterocycles. The lowest BCUT2D eigenvalue weighted by atomic mass is 10.1. The van der Waals surface area contributed by atoms with Gasteiger partial charge >= 0.3 is 11.9 Å². The zero-order valence-electron chi connectivity index (χ0n) is 44.0.